The quantitative estimate of drug-likeness (QED) is 0.137. The number of carbonyl (C=O) groups excluding carboxylic acids is 1. The van der Waals surface area contributed by atoms with Gasteiger partial charge < -0.3 is 18.7 Å². The number of nitrogens with zero attached hydrogens (tertiary/aromatic N) is 1. The molecule has 1 heterocycles. The molecule has 3 aromatic rings. The van der Waals surface area contributed by atoms with Crippen LogP contribution in [0.2, 0.25) is 36.3 Å². The Bertz CT molecular complexity index is 1880. The largest absolute Gasteiger partial charge is 0.477 e. The molecule has 11 heteroatoms. The minimum Gasteiger partial charge on any atom is -0.477 e. The topological polar surface area (TPSA) is 107 Å². The van der Waals surface area contributed by atoms with E-state index in [9.17, 15) is 14.7 Å². The molecule has 8 nitrogen and oxygen atoms in total. The molecule has 0 saturated carbocycles. The number of aromatic carboxylic acids is 1. The number of fused-ring (bicyclic) bond motifs is 4. The van der Waals surface area contributed by atoms with E-state index in [1.165, 1.54) is 11.1 Å². The first-order valence-corrected chi connectivity index (χ1v) is 25.7. The highest BCUT2D eigenvalue weighted by molar-refractivity contribution is 9.15. The van der Waals surface area contributed by atoms with Gasteiger partial charge in [0.05, 0.1) is 17.8 Å². The first-order chi connectivity index (χ1) is 24.9. The van der Waals surface area contributed by atoms with Gasteiger partial charge in [-0.2, -0.15) is 0 Å². The van der Waals surface area contributed by atoms with Gasteiger partial charge in [0.25, 0.3) is 0 Å². The number of benzene rings is 2. The molecule has 0 unspecified atom stereocenters. The van der Waals surface area contributed by atoms with Crippen molar-refractivity contribution in [2.24, 2.45) is 5.92 Å². The van der Waals surface area contributed by atoms with Gasteiger partial charge in [0.2, 0.25) is 0 Å². The molecule has 1 aromatic heterocycles. The van der Waals surface area contributed by atoms with E-state index >= 15 is 0 Å². The lowest BCUT2D eigenvalue weighted by Gasteiger charge is -2.44. The fourth-order valence-electron chi connectivity index (χ4n) is 6.86. The molecule has 54 heavy (non-hydrogen) atoms. The van der Waals surface area contributed by atoms with Crippen LogP contribution in [0, 0.1) is 5.92 Å². The number of halogens is 1. The first kappa shape index (κ1) is 42.2. The third-order valence-electron chi connectivity index (χ3n) is 12.0. The monoisotopic (exact) mass is 834 g/mol. The molecular formula is C43H59BrN2O6Si2. The Balaban J connectivity index is 1.53. The molecule has 0 aliphatic heterocycles. The van der Waals surface area contributed by atoms with Crippen LogP contribution in [0.15, 0.2) is 60.7 Å². The van der Waals surface area contributed by atoms with Crippen molar-refractivity contribution >= 4 is 49.0 Å². The van der Waals surface area contributed by atoms with Crippen molar-refractivity contribution in [2.45, 2.75) is 129 Å². The summed E-state index contributed by atoms with van der Waals surface area (Å²) >= 11 is 3.87. The van der Waals surface area contributed by atoms with Gasteiger partial charge in [-0.3, -0.25) is 10.1 Å². The summed E-state index contributed by atoms with van der Waals surface area (Å²) in [5, 5.41) is 13.8. The summed E-state index contributed by atoms with van der Waals surface area (Å²) in [5.41, 5.74) is 6.61. The number of carbonyl (C=O) groups is 2. The molecule has 5 rings (SSSR count). The summed E-state index contributed by atoms with van der Waals surface area (Å²) in [4.78, 5) is 31.6. The van der Waals surface area contributed by atoms with Gasteiger partial charge in [-0.25, -0.2) is 9.78 Å². The molecule has 0 amide bonds. The van der Waals surface area contributed by atoms with E-state index in [0.717, 1.165) is 26.7 Å². The number of ether oxygens (including phenoxy) is 1. The second-order valence-corrected chi connectivity index (χ2v) is 28.6. The number of hydrogen-bond acceptors (Lipinski definition) is 7. The van der Waals surface area contributed by atoms with Crippen molar-refractivity contribution in [3.05, 3.63) is 94.3 Å². The number of esters is 1. The number of pyridine rings is 1. The van der Waals surface area contributed by atoms with Crippen LogP contribution in [0.4, 0.5) is 0 Å². The lowest BCUT2D eigenvalue weighted by Crippen LogP contribution is -2.53. The fraction of sp³-hybridized carbons (Fsp3) is 0.512. The predicted molar refractivity (Wildman–Crippen MR) is 226 cm³/mol. The molecule has 2 aliphatic rings. The Morgan fingerprint density at radius 1 is 0.889 bits per heavy atom. The summed E-state index contributed by atoms with van der Waals surface area (Å²) in [6, 6.07) is 17.0. The van der Waals surface area contributed by atoms with E-state index in [-0.39, 0.29) is 40.2 Å². The molecular weight excluding hydrogens is 777 g/mol. The molecule has 2 N–H and O–H groups in total. The van der Waals surface area contributed by atoms with Crippen LogP contribution in [0.25, 0.3) is 15.6 Å². The Hall–Kier alpha value is -2.94. The number of hydrogen-bond donors (Lipinski definition) is 2. The second kappa shape index (κ2) is 15.5. The maximum atomic E-state index is 14.2. The van der Waals surface area contributed by atoms with Crippen LogP contribution in [0.3, 0.4) is 0 Å². The van der Waals surface area contributed by atoms with E-state index in [4.69, 9.17) is 18.6 Å². The summed E-state index contributed by atoms with van der Waals surface area (Å²) in [6.07, 6.45) is 0.934. The molecule has 0 saturated heterocycles. The number of rotatable bonds is 12. The number of carboxylic acids is 1. The van der Waals surface area contributed by atoms with Gasteiger partial charge in [-0.05, 0) is 89.1 Å². The predicted octanol–water partition coefficient (Wildman–Crippen LogP) is 11.0. The molecule has 0 spiro atoms. The Morgan fingerprint density at radius 3 is 1.93 bits per heavy atom. The lowest BCUT2D eigenvalue weighted by atomic mass is 9.89. The normalized spacial score (nSPS) is 18.8. The average Bonchev–Trinajstić information content (AvgIpc) is 3.39. The fourth-order valence-corrected chi connectivity index (χ4v) is 10.2. The Morgan fingerprint density at radius 2 is 1.43 bits per heavy atom. The molecule has 4 atom stereocenters. The zero-order valence-electron chi connectivity index (χ0n) is 34.3. The molecule has 0 radical (unpaired) electrons. The molecule has 0 bridgehead atoms. The van der Waals surface area contributed by atoms with Crippen molar-refractivity contribution in [2.75, 3.05) is 6.61 Å². The average molecular weight is 836 g/mol. The van der Waals surface area contributed by atoms with E-state index in [2.05, 4.69) is 113 Å². The van der Waals surface area contributed by atoms with Crippen molar-refractivity contribution in [3.63, 3.8) is 0 Å². The first-order valence-electron chi connectivity index (χ1n) is 19.1. The maximum Gasteiger partial charge on any atom is 0.354 e. The third kappa shape index (κ3) is 8.41. The standard InChI is InChI=1S/C43H59BrN2O6Si2/c1-25(2)37(41(49)50-24-32-29-20-16-14-18-27(29)28-19-15-17-21-30(28)32)45-34-23-33(44)36-31(26(3)51-53(10,11)42(4,5)6)22-35(40(47)48)46-38(36)39(34)52-54(12,13)43(7,8)9/h14-23,25-26,32,34,37,39,45H,24H2,1-13H3,(H,47,48)/t26-,34+,37-,39-/m0/s1. The smallest absolute Gasteiger partial charge is 0.354 e. The van der Waals surface area contributed by atoms with Crippen LogP contribution in [-0.4, -0.2) is 57.4 Å². The molecule has 0 fully saturated rings. The van der Waals surface area contributed by atoms with Crippen LogP contribution < -0.4 is 5.32 Å². The molecule has 2 aliphatic carbocycles. The van der Waals surface area contributed by atoms with Gasteiger partial charge in [-0.15, -0.1) is 0 Å². The summed E-state index contributed by atoms with van der Waals surface area (Å²) in [6.45, 7) is 28.0. The zero-order chi connectivity index (χ0) is 40.1. The van der Waals surface area contributed by atoms with Gasteiger partial charge in [0.15, 0.2) is 16.6 Å². The summed E-state index contributed by atoms with van der Waals surface area (Å²) in [7, 11) is -4.75. The van der Waals surface area contributed by atoms with Crippen molar-refractivity contribution in [1.29, 1.82) is 0 Å². The third-order valence-corrected chi connectivity index (χ3v) is 21.7. The highest BCUT2D eigenvalue weighted by Gasteiger charge is 2.46. The van der Waals surface area contributed by atoms with Crippen molar-refractivity contribution in [1.82, 2.24) is 10.3 Å². The number of carboxylic acid groups (broad SMARTS) is 1. The highest BCUT2D eigenvalue weighted by Crippen LogP contribution is 2.48. The zero-order valence-corrected chi connectivity index (χ0v) is 37.8. The minimum atomic E-state index is -2.50. The number of aromatic nitrogens is 1. The van der Waals surface area contributed by atoms with Gasteiger partial charge in [-0.1, -0.05) is 120 Å². The van der Waals surface area contributed by atoms with Crippen LogP contribution in [0.1, 0.15) is 119 Å². The van der Waals surface area contributed by atoms with Gasteiger partial charge in [0, 0.05) is 16.0 Å². The molecule has 2 aromatic carbocycles. The number of nitrogens with one attached hydrogen (secondary N) is 1. The molecule has 292 valence electrons. The van der Waals surface area contributed by atoms with E-state index in [1.54, 1.807) is 6.07 Å². The maximum absolute atomic E-state index is 14.2. The van der Waals surface area contributed by atoms with Gasteiger partial charge in [0.1, 0.15) is 24.4 Å². The van der Waals surface area contributed by atoms with Crippen LogP contribution in [-0.2, 0) is 18.4 Å². The van der Waals surface area contributed by atoms with Crippen molar-refractivity contribution in [3.8, 4) is 11.1 Å². The van der Waals surface area contributed by atoms with Crippen LogP contribution in [0.5, 0.6) is 0 Å². The summed E-state index contributed by atoms with van der Waals surface area (Å²) < 4.78 is 21.0. The second-order valence-electron chi connectivity index (χ2n) is 18.3. The SMILES string of the molecule is CC(C)[C@H](N[C@@H]1C=C(Br)c2c([C@H](C)O[Si](C)(C)C(C)(C)C)cc(C(=O)O)nc2[C@H]1O[Si](C)(C)C(C)(C)C)C(=O)OCC1c2ccccc2-c2ccccc21. The van der Waals surface area contributed by atoms with E-state index in [0.29, 0.717) is 5.69 Å². The van der Waals surface area contributed by atoms with E-state index < -0.39 is 46.9 Å². The Kier molecular flexibility index (Phi) is 12.1. The van der Waals surface area contributed by atoms with Gasteiger partial charge >= 0.3 is 11.9 Å². The van der Waals surface area contributed by atoms with Crippen LogP contribution >= 0.6 is 15.9 Å². The Labute approximate surface area is 332 Å². The van der Waals surface area contributed by atoms with Crippen molar-refractivity contribution < 1.29 is 28.3 Å². The summed E-state index contributed by atoms with van der Waals surface area (Å²) in [5.74, 6) is -1.67. The highest BCUT2D eigenvalue weighted by atomic mass is 79.9. The lowest BCUT2D eigenvalue weighted by molar-refractivity contribution is -0.148. The minimum absolute atomic E-state index is 0.0505. The van der Waals surface area contributed by atoms with E-state index in [1.807, 2.05) is 51.1 Å².